The highest BCUT2D eigenvalue weighted by Crippen LogP contribution is 2.26. The number of alkyl halides is 3. The van der Waals surface area contributed by atoms with Gasteiger partial charge < -0.3 is 16.0 Å². The molecule has 1 aliphatic rings. The number of piperazine rings is 1. The Morgan fingerprint density at radius 2 is 1.71 bits per heavy atom. The first-order valence-corrected chi connectivity index (χ1v) is 10.8. The van der Waals surface area contributed by atoms with Gasteiger partial charge in [0.1, 0.15) is 6.33 Å². The van der Waals surface area contributed by atoms with E-state index in [2.05, 4.69) is 20.3 Å². The van der Waals surface area contributed by atoms with Crippen molar-refractivity contribution < 1.29 is 17.6 Å². The summed E-state index contributed by atoms with van der Waals surface area (Å²) in [5.74, 6) is -0.547. The SMILES string of the molecule is Cc1cc(-c2ccc(CNc3ncnc(N4CCN(C(N)C(F)(F)F)CC4)c3F)cc2)ccn1. The van der Waals surface area contributed by atoms with Crippen molar-refractivity contribution in [3.05, 3.63) is 66.0 Å². The number of aryl methyl sites for hydroxylation is 1. The van der Waals surface area contributed by atoms with Crippen molar-refractivity contribution in [2.45, 2.75) is 25.8 Å². The molecule has 0 aliphatic carbocycles. The van der Waals surface area contributed by atoms with Crippen LogP contribution in [0.5, 0.6) is 0 Å². The van der Waals surface area contributed by atoms with Gasteiger partial charge in [0, 0.05) is 44.6 Å². The summed E-state index contributed by atoms with van der Waals surface area (Å²) in [5.41, 5.74) is 9.26. The first-order valence-electron chi connectivity index (χ1n) is 10.8. The van der Waals surface area contributed by atoms with Crippen molar-refractivity contribution in [3.8, 4) is 11.1 Å². The topological polar surface area (TPSA) is 83.2 Å². The van der Waals surface area contributed by atoms with Crippen molar-refractivity contribution in [1.29, 1.82) is 0 Å². The fraction of sp³-hybridized carbons (Fsp3) is 0.348. The molecule has 2 aromatic heterocycles. The highest BCUT2D eigenvalue weighted by Gasteiger charge is 2.42. The zero-order valence-electron chi connectivity index (χ0n) is 18.6. The minimum absolute atomic E-state index is 0.0354. The highest BCUT2D eigenvalue weighted by molar-refractivity contribution is 5.63. The number of hydrogen-bond acceptors (Lipinski definition) is 7. The van der Waals surface area contributed by atoms with E-state index >= 15 is 4.39 Å². The third-order valence-electron chi connectivity index (χ3n) is 5.76. The summed E-state index contributed by atoms with van der Waals surface area (Å²) in [6.07, 6.45) is -3.53. The predicted octanol–water partition coefficient (Wildman–Crippen LogP) is 3.57. The molecule has 1 aliphatic heterocycles. The molecular formula is C23H25F4N7. The molecule has 11 heteroatoms. The number of aromatic nitrogens is 3. The van der Waals surface area contributed by atoms with Crippen molar-refractivity contribution in [3.63, 3.8) is 0 Å². The van der Waals surface area contributed by atoms with Crippen LogP contribution in [0.4, 0.5) is 29.2 Å². The Balaban J connectivity index is 1.38. The number of nitrogens with zero attached hydrogens (tertiary/aromatic N) is 5. The van der Waals surface area contributed by atoms with Gasteiger partial charge in [-0.1, -0.05) is 24.3 Å². The van der Waals surface area contributed by atoms with Crippen LogP contribution in [0, 0.1) is 12.7 Å². The number of rotatable bonds is 6. The number of pyridine rings is 1. The zero-order valence-corrected chi connectivity index (χ0v) is 18.6. The largest absolute Gasteiger partial charge is 0.417 e. The fourth-order valence-electron chi connectivity index (χ4n) is 3.85. The maximum Gasteiger partial charge on any atom is 0.417 e. The van der Waals surface area contributed by atoms with Gasteiger partial charge in [-0.2, -0.15) is 17.6 Å². The molecule has 0 spiro atoms. The van der Waals surface area contributed by atoms with E-state index in [1.165, 1.54) is 6.33 Å². The Morgan fingerprint density at radius 1 is 1.00 bits per heavy atom. The van der Waals surface area contributed by atoms with E-state index in [1.807, 2.05) is 43.3 Å². The fourth-order valence-corrected chi connectivity index (χ4v) is 3.85. The second-order valence-electron chi connectivity index (χ2n) is 8.11. The first-order chi connectivity index (χ1) is 16.2. The van der Waals surface area contributed by atoms with Crippen molar-refractivity contribution in [2.24, 2.45) is 5.73 Å². The van der Waals surface area contributed by atoms with Crippen LogP contribution in [0.25, 0.3) is 11.1 Å². The quantitative estimate of drug-likeness (QED) is 0.528. The summed E-state index contributed by atoms with van der Waals surface area (Å²) in [6.45, 7) is 2.73. The standard InChI is InChI=1S/C23H25F4N7/c1-15-12-18(6-7-29-15)17-4-2-16(3-5-17)13-30-20-19(24)21(32-14-31-20)33-8-10-34(11-9-33)22(28)23(25,26)27/h2-7,12,14,22H,8-11,13,28H2,1H3,(H,30,31,32). The molecule has 0 saturated carbocycles. The molecule has 1 saturated heterocycles. The average molecular weight is 475 g/mol. The van der Waals surface area contributed by atoms with Gasteiger partial charge >= 0.3 is 6.18 Å². The van der Waals surface area contributed by atoms with Gasteiger partial charge in [0.2, 0.25) is 5.82 Å². The van der Waals surface area contributed by atoms with Gasteiger partial charge in [-0.05, 0) is 35.7 Å². The molecular weight excluding hydrogens is 450 g/mol. The van der Waals surface area contributed by atoms with Gasteiger partial charge in [-0.15, -0.1) is 0 Å². The predicted molar refractivity (Wildman–Crippen MR) is 122 cm³/mol. The Kier molecular flexibility index (Phi) is 6.94. The van der Waals surface area contributed by atoms with Gasteiger partial charge in [-0.25, -0.2) is 9.97 Å². The van der Waals surface area contributed by atoms with Gasteiger partial charge in [0.05, 0.1) is 0 Å². The lowest BCUT2D eigenvalue weighted by molar-refractivity contribution is -0.183. The molecule has 3 aromatic rings. The minimum Gasteiger partial charge on any atom is -0.363 e. The van der Waals surface area contributed by atoms with Crippen LogP contribution in [0.3, 0.4) is 0 Å². The minimum atomic E-state index is -4.51. The molecule has 1 atom stereocenters. The van der Waals surface area contributed by atoms with E-state index < -0.39 is 18.2 Å². The lowest BCUT2D eigenvalue weighted by atomic mass is 10.0. The molecule has 34 heavy (non-hydrogen) atoms. The van der Waals surface area contributed by atoms with E-state index in [0.717, 1.165) is 27.3 Å². The van der Waals surface area contributed by atoms with E-state index in [4.69, 9.17) is 5.73 Å². The Hall–Kier alpha value is -3.31. The van der Waals surface area contributed by atoms with Crippen LogP contribution in [0.2, 0.25) is 0 Å². The molecule has 0 radical (unpaired) electrons. The molecule has 1 unspecified atom stereocenters. The number of nitrogens with one attached hydrogen (secondary N) is 1. The summed E-state index contributed by atoms with van der Waals surface area (Å²) in [6, 6.07) is 11.8. The molecule has 1 fully saturated rings. The van der Waals surface area contributed by atoms with Crippen LogP contribution in [-0.4, -0.2) is 58.4 Å². The monoisotopic (exact) mass is 475 g/mol. The third-order valence-corrected chi connectivity index (χ3v) is 5.76. The number of anilines is 2. The molecule has 4 rings (SSSR count). The van der Waals surface area contributed by atoms with Crippen LogP contribution in [0.1, 0.15) is 11.3 Å². The molecule has 0 bridgehead atoms. The molecule has 1 aromatic carbocycles. The number of benzene rings is 1. The number of halogens is 4. The van der Waals surface area contributed by atoms with Crippen LogP contribution < -0.4 is 16.0 Å². The summed E-state index contributed by atoms with van der Waals surface area (Å²) in [7, 11) is 0. The van der Waals surface area contributed by atoms with Gasteiger partial charge in [0.15, 0.2) is 17.8 Å². The van der Waals surface area contributed by atoms with E-state index in [1.54, 1.807) is 11.1 Å². The maximum atomic E-state index is 15.1. The van der Waals surface area contributed by atoms with E-state index in [9.17, 15) is 13.2 Å². The smallest absolute Gasteiger partial charge is 0.363 e. The normalized spacial score (nSPS) is 15.9. The number of hydrogen-bond donors (Lipinski definition) is 2. The molecule has 7 nitrogen and oxygen atoms in total. The second kappa shape index (κ2) is 9.90. The Morgan fingerprint density at radius 3 is 2.35 bits per heavy atom. The van der Waals surface area contributed by atoms with Crippen molar-refractivity contribution in [1.82, 2.24) is 19.9 Å². The summed E-state index contributed by atoms with van der Waals surface area (Å²) in [4.78, 5) is 14.9. The highest BCUT2D eigenvalue weighted by atomic mass is 19.4. The molecule has 3 N–H and O–H groups in total. The van der Waals surface area contributed by atoms with Crippen molar-refractivity contribution >= 4 is 11.6 Å². The summed E-state index contributed by atoms with van der Waals surface area (Å²) in [5, 5.41) is 2.98. The Labute approximate surface area is 194 Å². The van der Waals surface area contributed by atoms with Crippen molar-refractivity contribution in [2.75, 3.05) is 36.4 Å². The second-order valence-corrected chi connectivity index (χ2v) is 8.11. The van der Waals surface area contributed by atoms with E-state index in [-0.39, 0.29) is 37.8 Å². The lowest BCUT2D eigenvalue weighted by Gasteiger charge is -2.38. The lowest BCUT2D eigenvalue weighted by Crippen LogP contribution is -2.58. The van der Waals surface area contributed by atoms with Gasteiger partial charge in [-0.3, -0.25) is 9.88 Å². The maximum absolute atomic E-state index is 15.1. The van der Waals surface area contributed by atoms with Crippen LogP contribution >= 0.6 is 0 Å². The molecule has 0 amide bonds. The summed E-state index contributed by atoms with van der Waals surface area (Å²) < 4.78 is 53.6. The Bertz CT molecular complexity index is 1110. The average Bonchev–Trinajstić information content (AvgIpc) is 2.83. The molecule has 3 heterocycles. The van der Waals surface area contributed by atoms with Gasteiger partial charge in [0.25, 0.3) is 0 Å². The first kappa shape index (κ1) is 23.8. The summed E-state index contributed by atoms with van der Waals surface area (Å²) >= 11 is 0. The van der Waals surface area contributed by atoms with E-state index in [0.29, 0.717) is 6.54 Å². The molecule has 180 valence electrons. The zero-order chi connectivity index (χ0) is 24.3. The third kappa shape index (κ3) is 5.42. The number of nitrogens with two attached hydrogens (primary N) is 1. The van der Waals surface area contributed by atoms with Crippen LogP contribution in [-0.2, 0) is 6.54 Å². The van der Waals surface area contributed by atoms with Crippen LogP contribution in [0.15, 0.2) is 48.9 Å².